The van der Waals surface area contributed by atoms with Crippen LogP contribution in [0.1, 0.15) is 29.2 Å². The topological polar surface area (TPSA) is 29.1 Å². The Labute approximate surface area is 139 Å². The van der Waals surface area contributed by atoms with Gasteiger partial charge in [-0.2, -0.15) is 13.2 Å². The highest BCUT2D eigenvalue weighted by molar-refractivity contribution is 6.02. The summed E-state index contributed by atoms with van der Waals surface area (Å²) >= 11 is 0. The molecule has 0 heterocycles. The molecule has 2 aromatic rings. The number of carbonyl (C=O) groups is 1. The van der Waals surface area contributed by atoms with Crippen LogP contribution in [0.5, 0.6) is 0 Å². The van der Waals surface area contributed by atoms with E-state index in [0.29, 0.717) is 5.56 Å². The minimum absolute atomic E-state index is 0.320. The molecule has 0 bridgehead atoms. The van der Waals surface area contributed by atoms with Crippen molar-refractivity contribution in [2.24, 2.45) is 0 Å². The van der Waals surface area contributed by atoms with Crippen LogP contribution in [0.3, 0.4) is 0 Å². The third-order valence-electron chi connectivity index (χ3n) is 3.63. The van der Waals surface area contributed by atoms with Crippen molar-refractivity contribution < 1.29 is 18.0 Å². The Morgan fingerprint density at radius 2 is 1.88 bits per heavy atom. The van der Waals surface area contributed by atoms with E-state index in [9.17, 15) is 18.0 Å². The minimum Gasteiger partial charge on any atom is -0.322 e. The maximum Gasteiger partial charge on any atom is 0.416 e. The molecule has 0 aliphatic rings. The van der Waals surface area contributed by atoms with Gasteiger partial charge in [-0.15, -0.1) is 0 Å². The molecule has 126 valence electrons. The quantitative estimate of drug-likeness (QED) is 0.763. The molecule has 0 saturated heterocycles. The number of nitrogens with one attached hydrogen (secondary N) is 1. The number of aryl methyl sites for hydroxylation is 2. The number of alkyl halides is 3. The molecule has 1 N–H and O–H groups in total. The summed E-state index contributed by atoms with van der Waals surface area (Å²) in [5, 5.41) is 2.80. The van der Waals surface area contributed by atoms with Gasteiger partial charge >= 0.3 is 6.18 Å². The Kier molecular flexibility index (Phi) is 5.44. The molecule has 0 saturated carbocycles. The number of anilines is 1. The van der Waals surface area contributed by atoms with E-state index in [1.807, 2.05) is 32.0 Å². The van der Waals surface area contributed by atoms with Gasteiger partial charge in [0.15, 0.2) is 0 Å². The first kappa shape index (κ1) is 17.8. The Morgan fingerprint density at radius 3 is 2.54 bits per heavy atom. The Balaban J connectivity index is 2.15. The number of carbonyl (C=O) groups excluding carboxylic acids is 1. The second-order valence-corrected chi connectivity index (χ2v) is 5.41. The van der Waals surface area contributed by atoms with Gasteiger partial charge in [0.05, 0.1) is 5.56 Å². The number of para-hydroxylation sites is 1. The van der Waals surface area contributed by atoms with Gasteiger partial charge in [0.1, 0.15) is 0 Å². The molecule has 0 unspecified atom stereocenters. The highest BCUT2D eigenvalue weighted by Crippen LogP contribution is 2.29. The normalized spacial score (nSPS) is 11.7. The molecule has 5 heteroatoms. The molecule has 0 radical (unpaired) electrons. The zero-order chi connectivity index (χ0) is 17.7. The van der Waals surface area contributed by atoms with Gasteiger partial charge in [-0.1, -0.05) is 37.3 Å². The maximum atomic E-state index is 12.7. The molecule has 1 amide bonds. The Morgan fingerprint density at radius 1 is 1.17 bits per heavy atom. The van der Waals surface area contributed by atoms with Crippen molar-refractivity contribution >= 4 is 17.7 Å². The van der Waals surface area contributed by atoms with Crippen LogP contribution >= 0.6 is 0 Å². The number of hydrogen-bond acceptors (Lipinski definition) is 1. The molecular formula is C19H18F3NO. The van der Waals surface area contributed by atoms with Crippen LogP contribution in [0.2, 0.25) is 0 Å². The van der Waals surface area contributed by atoms with Crippen molar-refractivity contribution in [3.63, 3.8) is 0 Å². The average molecular weight is 333 g/mol. The molecular weight excluding hydrogens is 315 g/mol. The molecule has 2 rings (SSSR count). The van der Waals surface area contributed by atoms with E-state index in [1.54, 1.807) is 0 Å². The summed E-state index contributed by atoms with van der Waals surface area (Å²) in [4.78, 5) is 12.1. The second-order valence-electron chi connectivity index (χ2n) is 5.41. The highest BCUT2D eigenvalue weighted by atomic mass is 19.4. The zero-order valence-corrected chi connectivity index (χ0v) is 13.4. The average Bonchev–Trinajstić information content (AvgIpc) is 2.54. The largest absolute Gasteiger partial charge is 0.416 e. The third-order valence-corrected chi connectivity index (χ3v) is 3.63. The standard InChI is InChI=1S/C19H18F3NO/c1-3-15-8-4-6-13(2)18(15)23-17(24)11-10-14-7-5-9-16(12-14)19(20,21)22/h4-12H,3H2,1-2H3,(H,23,24). The van der Waals surface area contributed by atoms with E-state index in [2.05, 4.69) is 5.32 Å². The van der Waals surface area contributed by atoms with E-state index in [0.717, 1.165) is 35.4 Å². The summed E-state index contributed by atoms with van der Waals surface area (Å²) in [6.07, 6.45) is -1.02. The highest BCUT2D eigenvalue weighted by Gasteiger charge is 2.30. The number of benzene rings is 2. The van der Waals surface area contributed by atoms with Crippen molar-refractivity contribution in [1.29, 1.82) is 0 Å². The first-order chi connectivity index (χ1) is 11.3. The van der Waals surface area contributed by atoms with E-state index < -0.39 is 11.7 Å². The summed E-state index contributed by atoms with van der Waals surface area (Å²) in [7, 11) is 0. The van der Waals surface area contributed by atoms with E-state index in [4.69, 9.17) is 0 Å². The summed E-state index contributed by atoms with van der Waals surface area (Å²) < 4.78 is 38.0. The van der Waals surface area contributed by atoms with E-state index >= 15 is 0 Å². The van der Waals surface area contributed by atoms with Crippen molar-refractivity contribution in [2.45, 2.75) is 26.4 Å². The fraction of sp³-hybridized carbons (Fsp3) is 0.211. The van der Waals surface area contributed by atoms with Gasteiger partial charge in [-0.05, 0) is 48.2 Å². The monoisotopic (exact) mass is 333 g/mol. The molecule has 0 aromatic heterocycles. The SMILES string of the molecule is CCc1cccc(C)c1NC(=O)C=Cc1cccc(C(F)(F)F)c1. The Bertz CT molecular complexity index is 763. The second kappa shape index (κ2) is 7.34. The summed E-state index contributed by atoms with van der Waals surface area (Å²) in [5.41, 5.74) is 2.28. The number of amides is 1. The van der Waals surface area contributed by atoms with Crippen LogP contribution in [0.25, 0.3) is 6.08 Å². The van der Waals surface area contributed by atoms with Crippen molar-refractivity contribution in [1.82, 2.24) is 0 Å². The Hall–Kier alpha value is -2.56. The summed E-state index contributed by atoms with van der Waals surface area (Å²) in [6, 6.07) is 10.6. The van der Waals surface area contributed by atoms with Gasteiger partial charge in [0, 0.05) is 11.8 Å². The van der Waals surface area contributed by atoms with Crippen molar-refractivity contribution in [3.8, 4) is 0 Å². The van der Waals surface area contributed by atoms with Gasteiger partial charge < -0.3 is 5.32 Å². The summed E-state index contributed by atoms with van der Waals surface area (Å²) in [5.74, 6) is -0.378. The lowest BCUT2D eigenvalue weighted by atomic mass is 10.1. The van der Waals surface area contributed by atoms with Gasteiger partial charge in [-0.3, -0.25) is 4.79 Å². The maximum absolute atomic E-state index is 12.7. The number of halogens is 3. The molecule has 2 aromatic carbocycles. The molecule has 0 aliphatic carbocycles. The van der Waals surface area contributed by atoms with Crippen molar-refractivity contribution in [3.05, 3.63) is 70.8 Å². The van der Waals surface area contributed by atoms with Gasteiger partial charge in [-0.25, -0.2) is 0 Å². The lowest BCUT2D eigenvalue weighted by Gasteiger charge is -2.11. The fourth-order valence-corrected chi connectivity index (χ4v) is 2.36. The van der Waals surface area contributed by atoms with Crippen LogP contribution in [-0.2, 0) is 17.4 Å². The first-order valence-electron chi connectivity index (χ1n) is 7.56. The molecule has 24 heavy (non-hydrogen) atoms. The minimum atomic E-state index is -4.40. The van der Waals surface area contributed by atoms with Gasteiger partial charge in [0.2, 0.25) is 5.91 Å². The smallest absolute Gasteiger partial charge is 0.322 e. The van der Waals surface area contributed by atoms with Crippen LogP contribution < -0.4 is 5.32 Å². The van der Waals surface area contributed by atoms with E-state index in [-0.39, 0.29) is 5.91 Å². The van der Waals surface area contributed by atoms with Crippen LogP contribution in [-0.4, -0.2) is 5.91 Å². The third kappa shape index (κ3) is 4.47. The lowest BCUT2D eigenvalue weighted by Crippen LogP contribution is -2.11. The predicted molar refractivity (Wildman–Crippen MR) is 89.7 cm³/mol. The first-order valence-corrected chi connectivity index (χ1v) is 7.56. The molecule has 0 spiro atoms. The summed E-state index contributed by atoms with van der Waals surface area (Å²) in [6.45, 7) is 3.88. The fourth-order valence-electron chi connectivity index (χ4n) is 2.36. The zero-order valence-electron chi connectivity index (χ0n) is 13.4. The van der Waals surface area contributed by atoms with Crippen LogP contribution in [0.15, 0.2) is 48.5 Å². The van der Waals surface area contributed by atoms with E-state index in [1.165, 1.54) is 24.3 Å². The molecule has 0 atom stereocenters. The molecule has 0 aliphatic heterocycles. The molecule has 0 fully saturated rings. The lowest BCUT2D eigenvalue weighted by molar-refractivity contribution is -0.137. The number of hydrogen-bond donors (Lipinski definition) is 1. The van der Waals surface area contributed by atoms with Crippen molar-refractivity contribution in [2.75, 3.05) is 5.32 Å². The van der Waals surface area contributed by atoms with Crippen LogP contribution in [0.4, 0.5) is 18.9 Å². The van der Waals surface area contributed by atoms with Crippen LogP contribution in [0, 0.1) is 6.92 Å². The van der Waals surface area contributed by atoms with Gasteiger partial charge in [0.25, 0.3) is 0 Å². The predicted octanol–water partition coefficient (Wildman–Crippen LogP) is 5.23. The molecule has 2 nitrogen and oxygen atoms in total. The number of rotatable bonds is 4.